The van der Waals surface area contributed by atoms with Crippen LogP contribution in [0.1, 0.15) is 22.0 Å². The topological polar surface area (TPSA) is 131 Å². The third-order valence-corrected chi connectivity index (χ3v) is 5.45. The summed E-state index contributed by atoms with van der Waals surface area (Å²) in [7, 11) is -0.663. The van der Waals surface area contributed by atoms with Crippen molar-refractivity contribution in [3.8, 4) is 11.5 Å². The van der Waals surface area contributed by atoms with Crippen molar-refractivity contribution in [2.75, 3.05) is 14.1 Å². The second-order valence-electron chi connectivity index (χ2n) is 5.83. The molecule has 1 amide bonds. The van der Waals surface area contributed by atoms with Crippen LogP contribution < -0.4 is 5.32 Å². The van der Waals surface area contributed by atoms with Gasteiger partial charge in [0.2, 0.25) is 21.7 Å². The Balaban J connectivity index is 1.64. The third kappa shape index (κ3) is 4.04. The maximum Gasteiger partial charge on any atom is 0.251 e. The van der Waals surface area contributed by atoms with Crippen molar-refractivity contribution in [1.82, 2.24) is 24.9 Å². The molecule has 0 aliphatic carbocycles. The average molecular weight is 391 g/mol. The van der Waals surface area contributed by atoms with Gasteiger partial charge in [0.1, 0.15) is 5.76 Å². The molecule has 27 heavy (non-hydrogen) atoms. The van der Waals surface area contributed by atoms with E-state index in [0.29, 0.717) is 17.0 Å². The largest absolute Gasteiger partial charge is 0.361 e. The van der Waals surface area contributed by atoms with E-state index < -0.39 is 15.9 Å². The van der Waals surface area contributed by atoms with Crippen LogP contribution in [0.15, 0.2) is 44.3 Å². The molecule has 0 saturated carbocycles. The molecular weight excluding hydrogens is 374 g/mol. The molecule has 0 bridgehead atoms. The monoisotopic (exact) mass is 391 g/mol. The zero-order chi connectivity index (χ0) is 19.6. The number of nitrogens with one attached hydrogen (secondary N) is 1. The minimum absolute atomic E-state index is 0.0143. The molecule has 0 aliphatic rings. The molecule has 1 N–H and O–H groups in total. The molecule has 2 heterocycles. The highest BCUT2D eigenvalue weighted by atomic mass is 32.2. The molecule has 1 aromatic carbocycles. The lowest BCUT2D eigenvalue weighted by Crippen LogP contribution is -2.24. The van der Waals surface area contributed by atoms with Crippen molar-refractivity contribution in [1.29, 1.82) is 0 Å². The Hall–Kier alpha value is -3.05. The predicted molar refractivity (Wildman–Crippen MR) is 93.0 cm³/mol. The Morgan fingerprint density at radius 1 is 1.15 bits per heavy atom. The van der Waals surface area contributed by atoms with Gasteiger partial charge >= 0.3 is 0 Å². The minimum atomic E-state index is -3.54. The van der Waals surface area contributed by atoms with E-state index in [1.807, 2.05) is 0 Å². The van der Waals surface area contributed by atoms with Crippen LogP contribution in [0.4, 0.5) is 0 Å². The Bertz CT molecular complexity index is 1050. The maximum absolute atomic E-state index is 12.2. The number of hydrogen-bond acceptors (Lipinski definition) is 8. The lowest BCUT2D eigenvalue weighted by atomic mass is 10.2. The Kier molecular flexibility index (Phi) is 5.06. The average Bonchev–Trinajstić information content (AvgIpc) is 3.28. The first-order valence-corrected chi connectivity index (χ1v) is 9.28. The molecule has 11 heteroatoms. The molecule has 0 fully saturated rings. The third-order valence-electron chi connectivity index (χ3n) is 3.62. The number of hydrogen-bond donors (Lipinski definition) is 1. The predicted octanol–water partition coefficient (Wildman–Crippen LogP) is 1.21. The van der Waals surface area contributed by atoms with Gasteiger partial charge in [-0.25, -0.2) is 12.7 Å². The summed E-state index contributed by atoms with van der Waals surface area (Å²) < 4.78 is 35.2. The van der Waals surface area contributed by atoms with Gasteiger partial charge in [-0.2, -0.15) is 4.98 Å². The van der Waals surface area contributed by atoms with Gasteiger partial charge in [-0.15, -0.1) is 0 Å². The number of benzene rings is 1. The fraction of sp³-hybridized carbons (Fsp3) is 0.250. The van der Waals surface area contributed by atoms with Crippen molar-refractivity contribution < 1.29 is 22.3 Å². The van der Waals surface area contributed by atoms with Crippen LogP contribution in [0, 0.1) is 6.92 Å². The highest BCUT2D eigenvalue weighted by Gasteiger charge is 2.18. The van der Waals surface area contributed by atoms with E-state index in [2.05, 4.69) is 20.6 Å². The van der Waals surface area contributed by atoms with Crippen LogP contribution in [0.5, 0.6) is 0 Å². The molecule has 3 rings (SSSR count). The van der Waals surface area contributed by atoms with Gasteiger partial charge in [0.05, 0.1) is 11.4 Å². The molecule has 2 aromatic heterocycles. The zero-order valence-corrected chi connectivity index (χ0v) is 15.6. The summed E-state index contributed by atoms with van der Waals surface area (Å²) >= 11 is 0. The first-order valence-electron chi connectivity index (χ1n) is 7.84. The van der Waals surface area contributed by atoms with E-state index in [-0.39, 0.29) is 23.2 Å². The Morgan fingerprint density at radius 3 is 2.44 bits per heavy atom. The number of aromatic nitrogens is 3. The minimum Gasteiger partial charge on any atom is -0.361 e. The van der Waals surface area contributed by atoms with Gasteiger partial charge in [-0.05, 0) is 31.2 Å². The Labute approximate surface area is 155 Å². The standard InChI is InChI=1S/C16H17N5O5S/c1-10-8-13(19-25-10)15-18-14(26-20-15)9-17-16(22)11-4-6-12(7-5-11)27(23,24)21(2)3/h4-8H,9H2,1-3H3,(H,17,22). The molecule has 0 aliphatic heterocycles. The number of aryl methyl sites for hydroxylation is 1. The highest BCUT2D eigenvalue weighted by molar-refractivity contribution is 7.89. The van der Waals surface area contributed by atoms with E-state index in [1.165, 1.54) is 38.4 Å². The molecule has 0 unspecified atom stereocenters. The SMILES string of the molecule is Cc1cc(-c2noc(CNC(=O)c3ccc(S(=O)(=O)N(C)C)cc3)n2)no1. The summed E-state index contributed by atoms with van der Waals surface area (Å²) in [6.45, 7) is 1.76. The summed E-state index contributed by atoms with van der Waals surface area (Å²) in [4.78, 5) is 16.4. The van der Waals surface area contributed by atoms with Crippen molar-refractivity contribution in [3.63, 3.8) is 0 Å². The van der Waals surface area contributed by atoms with Gasteiger partial charge in [-0.1, -0.05) is 10.3 Å². The van der Waals surface area contributed by atoms with E-state index in [0.717, 1.165) is 4.31 Å². The molecular formula is C16H17N5O5S. The van der Waals surface area contributed by atoms with Gasteiger partial charge in [0.15, 0.2) is 5.69 Å². The summed E-state index contributed by atoms with van der Waals surface area (Å²) in [5.41, 5.74) is 0.742. The van der Waals surface area contributed by atoms with Gasteiger partial charge in [0.25, 0.3) is 5.91 Å². The molecule has 3 aromatic rings. The maximum atomic E-state index is 12.2. The van der Waals surface area contributed by atoms with Crippen LogP contribution >= 0.6 is 0 Å². The summed E-state index contributed by atoms with van der Waals surface area (Å²) in [6.07, 6.45) is 0. The van der Waals surface area contributed by atoms with Gasteiger partial charge < -0.3 is 14.4 Å². The first kappa shape index (κ1) is 18.7. The fourth-order valence-corrected chi connectivity index (χ4v) is 3.05. The number of sulfonamides is 1. The summed E-state index contributed by atoms with van der Waals surface area (Å²) in [5, 5.41) is 10.2. The van der Waals surface area contributed by atoms with E-state index in [4.69, 9.17) is 9.05 Å². The fourth-order valence-electron chi connectivity index (χ4n) is 2.15. The van der Waals surface area contributed by atoms with E-state index >= 15 is 0 Å². The lowest BCUT2D eigenvalue weighted by molar-refractivity contribution is 0.0946. The second kappa shape index (κ2) is 7.29. The van der Waals surface area contributed by atoms with Crippen molar-refractivity contribution >= 4 is 15.9 Å². The number of rotatable bonds is 6. The summed E-state index contributed by atoms with van der Waals surface area (Å²) in [5.74, 6) is 0.672. The van der Waals surface area contributed by atoms with Crippen molar-refractivity contribution in [2.24, 2.45) is 0 Å². The van der Waals surface area contributed by atoms with Gasteiger partial charge in [0, 0.05) is 25.7 Å². The van der Waals surface area contributed by atoms with Crippen molar-refractivity contribution in [3.05, 3.63) is 47.5 Å². The smallest absolute Gasteiger partial charge is 0.251 e. The van der Waals surface area contributed by atoms with Crippen molar-refractivity contribution in [2.45, 2.75) is 18.4 Å². The Morgan fingerprint density at radius 2 is 1.85 bits per heavy atom. The normalized spacial score (nSPS) is 11.7. The molecule has 0 saturated heterocycles. The van der Waals surface area contributed by atoms with E-state index in [1.54, 1.807) is 13.0 Å². The first-order chi connectivity index (χ1) is 12.8. The van der Waals surface area contributed by atoms with Crippen LogP contribution in [0.2, 0.25) is 0 Å². The number of carbonyl (C=O) groups is 1. The molecule has 0 radical (unpaired) electrons. The zero-order valence-electron chi connectivity index (χ0n) is 14.8. The van der Waals surface area contributed by atoms with Crippen LogP contribution in [-0.2, 0) is 16.6 Å². The second-order valence-corrected chi connectivity index (χ2v) is 7.98. The van der Waals surface area contributed by atoms with E-state index in [9.17, 15) is 13.2 Å². The number of nitrogens with zero attached hydrogens (tertiary/aromatic N) is 4. The van der Waals surface area contributed by atoms with Crippen LogP contribution in [0.3, 0.4) is 0 Å². The lowest BCUT2D eigenvalue weighted by Gasteiger charge is -2.11. The quantitative estimate of drug-likeness (QED) is 0.663. The van der Waals surface area contributed by atoms with Crippen LogP contribution in [0.25, 0.3) is 11.5 Å². The number of carbonyl (C=O) groups excluding carboxylic acids is 1. The highest BCUT2D eigenvalue weighted by Crippen LogP contribution is 2.16. The molecule has 142 valence electrons. The number of amides is 1. The molecule has 10 nitrogen and oxygen atoms in total. The molecule has 0 atom stereocenters. The summed E-state index contributed by atoms with van der Waals surface area (Å²) in [6, 6.07) is 7.28. The molecule has 0 spiro atoms. The van der Waals surface area contributed by atoms with Crippen LogP contribution in [-0.4, -0.2) is 48.0 Å². The van der Waals surface area contributed by atoms with Gasteiger partial charge in [-0.3, -0.25) is 4.79 Å².